The minimum atomic E-state index is -0.0683. The maximum Gasteiger partial charge on any atom is 0.154 e. The molecule has 0 aliphatic heterocycles. The summed E-state index contributed by atoms with van der Waals surface area (Å²) in [5, 5.41) is 0. The molecule has 2 nitrogen and oxygen atoms in total. The Morgan fingerprint density at radius 3 is 2.12 bits per heavy atom. The molecule has 0 aliphatic rings. The second kappa shape index (κ2) is 6.44. The molecule has 2 heteroatoms. The standard InChI is InChI=1S/C14H21NO/c1-4-13(16)14(15(5-2)6-3)12-10-8-7-9-11-12/h7-11,14H,4-6H2,1-3H3. The van der Waals surface area contributed by atoms with E-state index in [-0.39, 0.29) is 6.04 Å². The molecule has 16 heavy (non-hydrogen) atoms. The van der Waals surface area contributed by atoms with Crippen LogP contribution in [0.3, 0.4) is 0 Å². The van der Waals surface area contributed by atoms with E-state index in [1.807, 2.05) is 37.3 Å². The normalized spacial score (nSPS) is 12.8. The molecular weight excluding hydrogens is 198 g/mol. The van der Waals surface area contributed by atoms with Gasteiger partial charge in [-0.05, 0) is 18.7 Å². The fourth-order valence-corrected chi connectivity index (χ4v) is 2.02. The Labute approximate surface area is 98.3 Å². The Kier molecular flexibility index (Phi) is 5.20. The van der Waals surface area contributed by atoms with Gasteiger partial charge in [-0.25, -0.2) is 0 Å². The summed E-state index contributed by atoms with van der Waals surface area (Å²) in [7, 11) is 0. The molecule has 1 unspecified atom stereocenters. The van der Waals surface area contributed by atoms with E-state index in [9.17, 15) is 4.79 Å². The maximum absolute atomic E-state index is 12.0. The molecule has 0 aliphatic carbocycles. The van der Waals surface area contributed by atoms with Crippen LogP contribution in [0.2, 0.25) is 0 Å². The lowest BCUT2D eigenvalue weighted by Gasteiger charge is -2.28. The highest BCUT2D eigenvalue weighted by Gasteiger charge is 2.23. The number of carbonyl (C=O) groups excluding carboxylic acids is 1. The molecule has 1 aromatic carbocycles. The number of hydrogen-bond donors (Lipinski definition) is 0. The van der Waals surface area contributed by atoms with Crippen molar-refractivity contribution >= 4 is 5.78 Å². The van der Waals surface area contributed by atoms with Crippen LogP contribution in [0.25, 0.3) is 0 Å². The topological polar surface area (TPSA) is 20.3 Å². The quantitative estimate of drug-likeness (QED) is 0.733. The molecule has 0 aromatic heterocycles. The van der Waals surface area contributed by atoms with Crippen molar-refractivity contribution in [3.8, 4) is 0 Å². The number of Topliss-reactive ketones (excluding diaryl/α,β-unsaturated/α-hetero) is 1. The van der Waals surface area contributed by atoms with Gasteiger partial charge in [0.2, 0.25) is 0 Å². The third-order valence-electron chi connectivity index (χ3n) is 2.95. The molecular formula is C14H21NO. The molecule has 0 radical (unpaired) electrons. The number of benzene rings is 1. The first-order valence-electron chi connectivity index (χ1n) is 6.06. The SMILES string of the molecule is CCC(=O)C(c1ccccc1)N(CC)CC. The van der Waals surface area contributed by atoms with Crippen molar-refractivity contribution < 1.29 is 4.79 Å². The molecule has 1 aromatic rings. The van der Waals surface area contributed by atoms with Gasteiger partial charge < -0.3 is 0 Å². The molecule has 0 spiro atoms. The Morgan fingerprint density at radius 2 is 1.69 bits per heavy atom. The van der Waals surface area contributed by atoms with Gasteiger partial charge in [-0.1, -0.05) is 51.1 Å². The second-order valence-electron chi connectivity index (χ2n) is 3.85. The van der Waals surface area contributed by atoms with Gasteiger partial charge in [0.05, 0.1) is 6.04 Å². The third-order valence-corrected chi connectivity index (χ3v) is 2.95. The van der Waals surface area contributed by atoms with E-state index in [2.05, 4.69) is 18.7 Å². The van der Waals surface area contributed by atoms with Crippen LogP contribution in [0.1, 0.15) is 38.8 Å². The average Bonchev–Trinajstić information content (AvgIpc) is 2.36. The Morgan fingerprint density at radius 1 is 1.12 bits per heavy atom. The fourth-order valence-electron chi connectivity index (χ4n) is 2.02. The fraction of sp³-hybridized carbons (Fsp3) is 0.500. The highest BCUT2D eigenvalue weighted by atomic mass is 16.1. The monoisotopic (exact) mass is 219 g/mol. The highest BCUT2D eigenvalue weighted by molar-refractivity contribution is 5.85. The minimum Gasteiger partial charge on any atom is -0.298 e. The number of nitrogens with zero attached hydrogens (tertiary/aromatic N) is 1. The summed E-state index contributed by atoms with van der Waals surface area (Å²) < 4.78 is 0. The smallest absolute Gasteiger partial charge is 0.154 e. The summed E-state index contributed by atoms with van der Waals surface area (Å²) in [5.41, 5.74) is 1.11. The van der Waals surface area contributed by atoms with Crippen molar-refractivity contribution in [1.29, 1.82) is 0 Å². The van der Waals surface area contributed by atoms with E-state index in [1.54, 1.807) is 0 Å². The zero-order chi connectivity index (χ0) is 12.0. The summed E-state index contributed by atoms with van der Waals surface area (Å²) in [6.45, 7) is 7.94. The lowest BCUT2D eigenvalue weighted by atomic mass is 9.99. The zero-order valence-electron chi connectivity index (χ0n) is 10.4. The van der Waals surface area contributed by atoms with Gasteiger partial charge in [-0.3, -0.25) is 9.69 Å². The van der Waals surface area contributed by atoms with Crippen LogP contribution >= 0.6 is 0 Å². The van der Waals surface area contributed by atoms with Gasteiger partial charge in [0.1, 0.15) is 0 Å². The maximum atomic E-state index is 12.0. The summed E-state index contributed by atoms with van der Waals surface area (Å²) in [6.07, 6.45) is 0.593. The van der Waals surface area contributed by atoms with Crippen molar-refractivity contribution in [3.63, 3.8) is 0 Å². The molecule has 0 N–H and O–H groups in total. The van der Waals surface area contributed by atoms with Crippen LogP contribution < -0.4 is 0 Å². The molecule has 0 fully saturated rings. The van der Waals surface area contributed by atoms with E-state index >= 15 is 0 Å². The zero-order valence-corrected chi connectivity index (χ0v) is 10.4. The van der Waals surface area contributed by atoms with Gasteiger partial charge in [-0.2, -0.15) is 0 Å². The van der Waals surface area contributed by atoms with Gasteiger partial charge in [0.15, 0.2) is 5.78 Å². The summed E-state index contributed by atoms with van der Waals surface area (Å²) >= 11 is 0. The largest absolute Gasteiger partial charge is 0.298 e. The molecule has 88 valence electrons. The summed E-state index contributed by atoms with van der Waals surface area (Å²) in [6, 6.07) is 9.98. The van der Waals surface area contributed by atoms with Crippen LogP contribution in [0, 0.1) is 0 Å². The van der Waals surface area contributed by atoms with Crippen LogP contribution in [0.5, 0.6) is 0 Å². The van der Waals surface area contributed by atoms with Crippen molar-refractivity contribution in [1.82, 2.24) is 4.90 Å². The van der Waals surface area contributed by atoms with Crippen LogP contribution in [0.4, 0.5) is 0 Å². The second-order valence-corrected chi connectivity index (χ2v) is 3.85. The van der Waals surface area contributed by atoms with Gasteiger partial charge in [-0.15, -0.1) is 0 Å². The third kappa shape index (κ3) is 2.92. The summed E-state index contributed by atoms with van der Waals surface area (Å²) in [5.74, 6) is 0.301. The van der Waals surface area contributed by atoms with Crippen molar-refractivity contribution in [2.75, 3.05) is 13.1 Å². The van der Waals surface area contributed by atoms with E-state index < -0.39 is 0 Å². The molecule has 1 atom stereocenters. The molecule has 0 heterocycles. The number of hydrogen-bond acceptors (Lipinski definition) is 2. The lowest BCUT2D eigenvalue weighted by Crippen LogP contribution is -2.33. The molecule has 0 saturated heterocycles. The van der Waals surface area contributed by atoms with Gasteiger partial charge in [0, 0.05) is 6.42 Å². The predicted molar refractivity (Wildman–Crippen MR) is 67.4 cm³/mol. The number of ketones is 1. The number of carbonyl (C=O) groups is 1. The molecule has 0 amide bonds. The summed E-state index contributed by atoms with van der Waals surface area (Å²) in [4.78, 5) is 14.2. The number of rotatable bonds is 6. The van der Waals surface area contributed by atoms with Gasteiger partial charge >= 0.3 is 0 Å². The van der Waals surface area contributed by atoms with Crippen LogP contribution in [-0.2, 0) is 4.79 Å². The molecule has 1 rings (SSSR count). The molecule has 0 saturated carbocycles. The predicted octanol–water partition coefficient (Wildman–Crippen LogP) is 3.05. The highest BCUT2D eigenvalue weighted by Crippen LogP contribution is 2.22. The Hall–Kier alpha value is -1.15. The first kappa shape index (κ1) is 12.9. The van der Waals surface area contributed by atoms with Crippen LogP contribution in [0.15, 0.2) is 30.3 Å². The number of likely N-dealkylation sites (N-methyl/N-ethyl adjacent to an activating group) is 1. The first-order chi connectivity index (χ1) is 7.74. The minimum absolute atomic E-state index is 0.0683. The van der Waals surface area contributed by atoms with Gasteiger partial charge in [0.25, 0.3) is 0 Å². The van der Waals surface area contributed by atoms with E-state index in [1.165, 1.54) is 0 Å². The van der Waals surface area contributed by atoms with Crippen molar-refractivity contribution in [2.45, 2.75) is 33.2 Å². The Bertz CT molecular complexity index is 317. The Balaban J connectivity index is 3.00. The van der Waals surface area contributed by atoms with Crippen LogP contribution in [-0.4, -0.2) is 23.8 Å². The average molecular weight is 219 g/mol. The van der Waals surface area contributed by atoms with Crippen molar-refractivity contribution in [3.05, 3.63) is 35.9 Å². The van der Waals surface area contributed by atoms with E-state index in [0.29, 0.717) is 12.2 Å². The van der Waals surface area contributed by atoms with E-state index in [4.69, 9.17) is 0 Å². The lowest BCUT2D eigenvalue weighted by molar-refractivity contribution is -0.124. The van der Waals surface area contributed by atoms with Crippen molar-refractivity contribution in [2.24, 2.45) is 0 Å². The first-order valence-corrected chi connectivity index (χ1v) is 6.06. The van der Waals surface area contributed by atoms with E-state index in [0.717, 1.165) is 18.7 Å². The molecule has 0 bridgehead atoms.